The van der Waals surface area contributed by atoms with Gasteiger partial charge in [0, 0.05) is 11.1 Å². The molecule has 0 unspecified atom stereocenters. The van der Waals surface area contributed by atoms with Crippen molar-refractivity contribution in [3.8, 4) is 5.75 Å². The lowest BCUT2D eigenvalue weighted by molar-refractivity contribution is 0.0955. The van der Waals surface area contributed by atoms with E-state index >= 15 is 0 Å². The molecule has 0 bridgehead atoms. The summed E-state index contributed by atoms with van der Waals surface area (Å²) in [7, 11) is 1.59. The Kier molecular flexibility index (Phi) is 4.34. The van der Waals surface area contributed by atoms with Gasteiger partial charge in [-0.05, 0) is 35.0 Å². The molecule has 3 aromatic rings. The van der Waals surface area contributed by atoms with Crippen LogP contribution < -0.4 is 10.2 Å². The fraction of sp³-hybridized carbons (Fsp3) is 0.0526. The van der Waals surface area contributed by atoms with E-state index in [4.69, 9.17) is 4.74 Å². The van der Waals surface area contributed by atoms with Crippen LogP contribution in [0.5, 0.6) is 5.75 Å². The Balaban J connectivity index is 1.73. The molecule has 0 heterocycles. The average Bonchev–Trinajstić information content (AvgIpc) is 2.62. The summed E-state index contributed by atoms with van der Waals surface area (Å²) in [4.78, 5) is 12.0. The number of carbonyl (C=O) groups is 1. The van der Waals surface area contributed by atoms with E-state index in [1.807, 2.05) is 42.5 Å². The number of fused-ring (bicyclic) bond motifs is 1. The van der Waals surface area contributed by atoms with Gasteiger partial charge in [0.25, 0.3) is 5.91 Å². The van der Waals surface area contributed by atoms with Gasteiger partial charge in [-0.25, -0.2) is 5.43 Å². The van der Waals surface area contributed by atoms with E-state index in [9.17, 15) is 4.79 Å². The summed E-state index contributed by atoms with van der Waals surface area (Å²) in [6.07, 6.45) is 1.66. The van der Waals surface area contributed by atoms with Crippen LogP contribution in [0.3, 0.4) is 0 Å². The topological polar surface area (TPSA) is 50.7 Å². The Morgan fingerprint density at radius 1 is 1.00 bits per heavy atom. The third-order valence-electron chi connectivity index (χ3n) is 3.55. The predicted octanol–water partition coefficient (Wildman–Crippen LogP) is 3.61. The highest BCUT2D eigenvalue weighted by Crippen LogP contribution is 2.16. The molecule has 0 aliphatic rings. The molecule has 4 heteroatoms. The van der Waals surface area contributed by atoms with Gasteiger partial charge < -0.3 is 4.74 Å². The van der Waals surface area contributed by atoms with E-state index in [1.165, 1.54) is 0 Å². The largest absolute Gasteiger partial charge is 0.497 e. The summed E-state index contributed by atoms with van der Waals surface area (Å²) in [6, 6.07) is 20.9. The molecule has 3 aromatic carbocycles. The van der Waals surface area contributed by atoms with Gasteiger partial charge in [0.1, 0.15) is 5.75 Å². The van der Waals surface area contributed by atoms with Crippen molar-refractivity contribution in [2.75, 3.05) is 7.11 Å². The van der Waals surface area contributed by atoms with Gasteiger partial charge in [-0.2, -0.15) is 5.10 Å². The van der Waals surface area contributed by atoms with E-state index in [-0.39, 0.29) is 5.91 Å². The number of amides is 1. The molecule has 0 spiro atoms. The number of carbonyl (C=O) groups excluding carboxylic acids is 1. The van der Waals surface area contributed by atoms with Crippen LogP contribution in [0, 0.1) is 0 Å². The maximum absolute atomic E-state index is 12.0. The minimum Gasteiger partial charge on any atom is -0.497 e. The highest BCUT2D eigenvalue weighted by atomic mass is 16.5. The van der Waals surface area contributed by atoms with Crippen LogP contribution in [0.2, 0.25) is 0 Å². The summed E-state index contributed by atoms with van der Waals surface area (Å²) in [5.74, 6) is 0.449. The molecular weight excluding hydrogens is 288 g/mol. The molecule has 0 atom stereocenters. The number of hydrogen-bond acceptors (Lipinski definition) is 3. The van der Waals surface area contributed by atoms with E-state index in [0.29, 0.717) is 11.3 Å². The van der Waals surface area contributed by atoms with Crippen molar-refractivity contribution in [1.29, 1.82) is 0 Å². The molecule has 0 saturated carbocycles. The average molecular weight is 304 g/mol. The molecule has 1 amide bonds. The number of nitrogens with one attached hydrogen (secondary N) is 1. The molecule has 23 heavy (non-hydrogen) atoms. The van der Waals surface area contributed by atoms with Crippen LogP contribution in [0.25, 0.3) is 10.8 Å². The molecule has 0 saturated heterocycles. The van der Waals surface area contributed by atoms with Crippen LogP contribution in [0.15, 0.2) is 71.8 Å². The number of nitrogens with zero attached hydrogens (tertiary/aromatic N) is 1. The van der Waals surface area contributed by atoms with E-state index in [0.717, 1.165) is 16.3 Å². The van der Waals surface area contributed by atoms with Gasteiger partial charge in [0.2, 0.25) is 0 Å². The summed E-state index contributed by atoms with van der Waals surface area (Å²) in [6.45, 7) is 0. The molecule has 0 aliphatic heterocycles. The quantitative estimate of drug-likeness (QED) is 0.591. The highest BCUT2D eigenvalue weighted by molar-refractivity contribution is 6.00. The zero-order chi connectivity index (χ0) is 16.1. The summed E-state index contributed by atoms with van der Waals surface area (Å²) in [5.41, 5.74) is 4.02. The predicted molar refractivity (Wildman–Crippen MR) is 92.0 cm³/mol. The van der Waals surface area contributed by atoms with Crippen molar-refractivity contribution in [2.45, 2.75) is 0 Å². The maximum atomic E-state index is 12.0. The molecule has 0 aliphatic carbocycles. The van der Waals surface area contributed by atoms with Crippen LogP contribution in [-0.4, -0.2) is 19.2 Å². The Labute approximate surface area is 134 Å². The van der Waals surface area contributed by atoms with Crippen LogP contribution in [0.4, 0.5) is 0 Å². The fourth-order valence-electron chi connectivity index (χ4n) is 2.33. The van der Waals surface area contributed by atoms with Gasteiger partial charge in [-0.3, -0.25) is 4.79 Å². The third kappa shape index (κ3) is 3.37. The first kappa shape index (κ1) is 14.8. The molecule has 0 fully saturated rings. The SMILES string of the molecule is COc1ccc(C(=O)N/N=C/c2cccc3ccccc23)cc1. The first-order valence-electron chi connectivity index (χ1n) is 7.23. The van der Waals surface area contributed by atoms with Crippen molar-refractivity contribution < 1.29 is 9.53 Å². The van der Waals surface area contributed by atoms with Gasteiger partial charge in [-0.15, -0.1) is 0 Å². The summed E-state index contributed by atoms with van der Waals surface area (Å²) in [5, 5.41) is 6.29. The third-order valence-corrected chi connectivity index (χ3v) is 3.55. The standard InChI is InChI=1S/C19H16N2O2/c1-23-17-11-9-15(10-12-17)19(22)21-20-13-16-7-4-6-14-5-2-3-8-18(14)16/h2-13H,1H3,(H,21,22)/b20-13+. The zero-order valence-electron chi connectivity index (χ0n) is 12.7. The number of ether oxygens (including phenoxy) is 1. The number of benzene rings is 3. The number of rotatable bonds is 4. The molecule has 0 radical (unpaired) electrons. The molecule has 1 N–H and O–H groups in total. The summed E-state index contributed by atoms with van der Waals surface area (Å²) >= 11 is 0. The van der Waals surface area contributed by atoms with Crippen LogP contribution >= 0.6 is 0 Å². The Morgan fingerprint density at radius 2 is 1.74 bits per heavy atom. The second-order valence-electron chi connectivity index (χ2n) is 5.00. The fourth-order valence-corrected chi connectivity index (χ4v) is 2.33. The summed E-state index contributed by atoms with van der Waals surface area (Å²) < 4.78 is 5.07. The minimum absolute atomic E-state index is 0.260. The zero-order valence-corrected chi connectivity index (χ0v) is 12.7. The second kappa shape index (κ2) is 6.75. The Morgan fingerprint density at radius 3 is 2.52 bits per heavy atom. The van der Waals surface area contributed by atoms with Crippen LogP contribution in [0.1, 0.15) is 15.9 Å². The van der Waals surface area contributed by atoms with Crippen molar-refractivity contribution in [2.24, 2.45) is 5.10 Å². The van der Waals surface area contributed by atoms with E-state index < -0.39 is 0 Å². The van der Waals surface area contributed by atoms with E-state index in [2.05, 4.69) is 10.5 Å². The molecule has 4 nitrogen and oxygen atoms in total. The second-order valence-corrected chi connectivity index (χ2v) is 5.00. The van der Waals surface area contributed by atoms with Gasteiger partial charge in [-0.1, -0.05) is 42.5 Å². The van der Waals surface area contributed by atoms with Gasteiger partial charge in [0.15, 0.2) is 0 Å². The van der Waals surface area contributed by atoms with Gasteiger partial charge >= 0.3 is 0 Å². The smallest absolute Gasteiger partial charge is 0.271 e. The Bertz CT molecular complexity index is 849. The number of methoxy groups -OCH3 is 1. The van der Waals surface area contributed by atoms with Crippen molar-refractivity contribution in [3.05, 3.63) is 77.9 Å². The Hall–Kier alpha value is -3.14. The number of hydrogen-bond donors (Lipinski definition) is 1. The molecule has 3 rings (SSSR count). The lowest BCUT2D eigenvalue weighted by Crippen LogP contribution is -2.17. The first-order valence-corrected chi connectivity index (χ1v) is 7.23. The van der Waals surface area contributed by atoms with Crippen molar-refractivity contribution in [3.63, 3.8) is 0 Å². The molecule has 114 valence electrons. The van der Waals surface area contributed by atoms with Crippen molar-refractivity contribution >= 4 is 22.9 Å². The lowest BCUT2D eigenvalue weighted by atomic mass is 10.1. The first-order chi connectivity index (χ1) is 11.3. The van der Waals surface area contributed by atoms with Gasteiger partial charge in [0.05, 0.1) is 13.3 Å². The van der Waals surface area contributed by atoms with E-state index in [1.54, 1.807) is 37.6 Å². The number of hydrazone groups is 1. The van der Waals surface area contributed by atoms with Crippen molar-refractivity contribution in [1.82, 2.24) is 5.43 Å². The molecule has 0 aromatic heterocycles. The highest BCUT2D eigenvalue weighted by Gasteiger charge is 2.04. The normalized spacial score (nSPS) is 10.8. The monoisotopic (exact) mass is 304 g/mol. The minimum atomic E-state index is -0.260. The van der Waals surface area contributed by atoms with Crippen LogP contribution in [-0.2, 0) is 0 Å². The molecular formula is C19H16N2O2. The maximum Gasteiger partial charge on any atom is 0.271 e. The lowest BCUT2D eigenvalue weighted by Gasteiger charge is -2.03.